The summed E-state index contributed by atoms with van der Waals surface area (Å²) in [6, 6.07) is 10.9. The number of rotatable bonds is 22. The van der Waals surface area contributed by atoms with E-state index in [1.165, 1.54) is 121 Å². The molecule has 2 heteroatoms. The summed E-state index contributed by atoms with van der Waals surface area (Å²) in [5.41, 5.74) is 1.49. The summed E-state index contributed by atoms with van der Waals surface area (Å²) in [6.45, 7) is 12.5. The summed E-state index contributed by atoms with van der Waals surface area (Å²) in [6.07, 6.45) is 24.6. The molecule has 186 valence electrons. The molecule has 32 heavy (non-hydrogen) atoms. The highest BCUT2D eigenvalue weighted by molar-refractivity contribution is 5.14. The van der Waals surface area contributed by atoms with E-state index in [4.69, 9.17) is 0 Å². The van der Waals surface area contributed by atoms with Gasteiger partial charge in [0.15, 0.2) is 0 Å². The van der Waals surface area contributed by atoms with Crippen LogP contribution >= 0.6 is 0 Å². The van der Waals surface area contributed by atoms with Crippen molar-refractivity contribution in [1.82, 2.24) is 0 Å². The van der Waals surface area contributed by atoms with E-state index >= 15 is 0 Å². The topological polar surface area (TPSA) is 4.44 Å². The molecule has 0 heterocycles. The molecule has 1 aromatic rings. The second-order valence-corrected chi connectivity index (χ2v) is 10.1. The number of aryl methyl sites for hydroxylation is 1. The molecule has 0 bridgehead atoms. The summed E-state index contributed by atoms with van der Waals surface area (Å²) in [5.74, 6) is 0.882. The molecule has 0 saturated heterocycles. The minimum atomic E-state index is 0. The summed E-state index contributed by atoms with van der Waals surface area (Å²) in [5, 5.41) is 0. The summed E-state index contributed by atoms with van der Waals surface area (Å²) >= 11 is 0. The quantitative estimate of drug-likeness (QED) is 0.186. The molecule has 1 unspecified atom stereocenters. The molecule has 0 saturated carbocycles. The van der Waals surface area contributed by atoms with Gasteiger partial charge in [0.2, 0.25) is 0 Å². The van der Waals surface area contributed by atoms with Gasteiger partial charge < -0.3 is 17.3 Å². The lowest BCUT2D eigenvalue weighted by molar-refractivity contribution is -0.894. The molecule has 0 amide bonds. The van der Waals surface area contributed by atoms with Gasteiger partial charge in [0, 0.05) is 0 Å². The zero-order chi connectivity index (χ0) is 22.4. The standard InChI is InChI=1S/C30H53N.ClH/c1-4-26-31(27-20-13-9-7-5-6-8-11-16-22-29(2)3)28-21-14-10-12-17-23-30-24-18-15-19-25-30;/h4,15,18-19,24-25,29H,1,5-14,16-17,20-23,26-28H2,2-3H3;1H. The van der Waals surface area contributed by atoms with Gasteiger partial charge in [-0.2, -0.15) is 0 Å². The summed E-state index contributed by atoms with van der Waals surface area (Å²) in [7, 11) is 0. The van der Waals surface area contributed by atoms with Gasteiger partial charge in [-0.05, 0) is 56.1 Å². The lowest BCUT2D eigenvalue weighted by Crippen LogP contribution is -3.11. The van der Waals surface area contributed by atoms with E-state index in [-0.39, 0.29) is 12.4 Å². The van der Waals surface area contributed by atoms with Crippen LogP contribution in [0.25, 0.3) is 0 Å². The number of unbranched alkanes of at least 4 members (excludes halogenated alkanes) is 12. The minimum Gasteiger partial charge on any atom is -1.00 e. The Balaban J connectivity index is 0.00000961. The van der Waals surface area contributed by atoms with Gasteiger partial charge in [0.25, 0.3) is 0 Å². The van der Waals surface area contributed by atoms with Gasteiger partial charge >= 0.3 is 0 Å². The summed E-state index contributed by atoms with van der Waals surface area (Å²) < 4.78 is 0. The van der Waals surface area contributed by atoms with Crippen LogP contribution in [0.5, 0.6) is 0 Å². The number of benzene rings is 1. The second kappa shape index (κ2) is 23.4. The van der Waals surface area contributed by atoms with Gasteiger partial charge in [-0.25, -0.2) is 0 Å². The highest BCUT2D eigenvalue weighted by Crippen LogP contribution is 2.13. The predicted molar refractivity (Wildman–Crippen MR) is 140 cm³/mol. The Hall–Kier alpha value is -0.790. The number of hydrogen-bond acceptors (Lipinski definition) is 0. The fourth-order valence-electron chi connectivity index (χ4n) is 4.58. The first-order valence-electron chi connectivity index (χ1n) is 13.7. The number of quaternary nitrogens is 1. The first-order chi connectivity index (χ1) is 15.2. The van der Waals surface area contributed by atoms with Crippen LogP contribution in [0.1, 0.15) is 116 Å². The van der Waals surface area contributed by atoms with Crippen molar-refractivity contribution in [2.75, 3.05) is 19.6 Å². The van der Waals surface area contributed by atoms with E-state index in [2.05, 4.69) is 56.8 Å². The third-order valence-corrected chi connectivity index (χ3v) is 6.58. The zero-order valence-electron chi connectivity index (χ0n) is 21.6. The van der Waals surface area contributed by atoms with E-state index in [1.807, 2.05) is 0 Å². The molecule has 1 nitrogen and oxygen atoms in total. The average Bonchev–Trinajstić information content (AvgIpc) is 2.77. The second-order valence-electron chi connectivity index (χ2n) is 10.1. The van der Waals surface area contributed by atoms with Crippen LogP contribution in [0, 0.1) is 5.92 Å². The van der Waals surface area contributed by atoms with Gasteiger partial charge in [-0.15, -0.1) is 0 Å². The average molecular weight is 464 g/mol. The molecular weight excluding hydrogens is 410 g/mol. The smallest absolute Gasteiger partial charge is 0.0955 e. The van der Waals surface area contributed by atoms with Crippen LogP contribution in [0.15, 0.2) is 43.0 Å². The Morgan fingerprint density at radius 1 is 0.688 bits per heavy atom. The Labute approximate surface area is 207 Å². The molecule has 0 aliphatic rings. The van der Waals surface area contributed by atoms with Gasteiger partial charge in [-0.1, -0.05) is 115 Å². The Morgan fingerprint density at radius 2 is 1.16 bits per heavy atom. The molecule has 0 aliphatic heterocycles. The van der Waals surface area contributed by atoms with Crippen LogP contribution in [-0.2, 0) is 6.42 Å². The van der Waals surface area contributed by atoms with Crippen LogP contribution < -0.4 is 17.3 Å². The maximum Gasteiger partial charge on any atom is 0.0955 e. The van der Waals surface area contributed by atoms with Crippen molar-refractivity contribution in [3.8, 4) is 0 Å². The maximum absolute atomic E-state index is 3.99. The monoisotopic (exact) mass is 463 g/mol. The summed E-state index contributed by atoms with van der Waals surface area (Å²) in [4.78, 5) is 1.75. The molecule has 1 aromatic carbocycles. The van der Waals surface area contributed by atoms with Crippen molar-refractivity contribution in [2.45, 2.75) is 117 Å². The molecule has 0 aromatic heterocycles. The first-order valence-corrected chi connectivity index (χ1v) is 13.7. The highest BCUT2D eigenvalue weighted by Gasteiger charge is 2.06. The van der Waals surface area contributed by atoms with Crippen LogP contribution in [0.3, 0.4) is 0 Å². The Morgan fingerprint density at radius 3 is 1.66 bits per heavy atom. The van der Waals surface area contributed by atoms with E-state index in [9.17, 15) is 0 Å². The van der Waals surface area contributed by atoms with Crippen LogP contribution in [0.2, 0.25) is 0 Å². The fourth-order valence-corrected chi connectivity index (χ4v) is 4.58. The molecule has 0 spiro atoms. The third-order valence-electron chi connectivity index (χ3n) is 6.58. The van der Waals surface area contributed by atoms with Crippen molar-refractivity contribution in [1.29, 1.82) is 0 Å². The van der Waals surface area contributed by atoms with Gasteiger partial charge in [-0.3, -0.25) is 0 Å². The number of halogens is 1. The third kappa shape index (κ3) is 19.9. The minimum absolute atomic E-state index is 0. The normalized spacial score (nSPS) is 12.0. The van der Waals surface area contributed by atoms with E-state index in [0.29, 0.717) is 0 Å². The molecule has 0 radical (unpaired) electrons. The lowest BCUT2D eigenvalue weighted by Gasteiger charge is -2.18. The van der Waals surface area contributed by atoms with E-state index in [1.54, 1.807) is 4.90 Å². The molecular formula is C30H54ClN. The predicted octanol–water partition coefficient (Wildman–Crippen LogP) is 4.81. The number of hydrogen-bond donors (Lipinski definition) is 1. The van der Waals surface area contributed by atoms with Crippen molar-refractivity contribution < 1.29 is 17.3 Å². The van der Waals surface area contributed by atoms with Gasteiger partial charge in [0.1, 0.15) is 0 Å². The number of nitrogens with one attached hydrogen (secondary N) is 1. The lowest BCUT2D eigenvalue weighted by atomic mass is 10.0. The largest absolute Gasteiger partial charge is 1.00 e. The van der Waals surface area contributed by atoms with Crippen molar-refractivity contribution in [3.63, 3.8) is 0 Å². The molecule has 1 N–H and O–H groups in total. The van der Waals surface area contributed by atoms with Crippen LogP contribution in [0.4, 0.5) is 0 Å². The van der Waals surface area contributed by atoms with E-state index in [0.717, 1.165) is 12.5 Å². The molecule has 0 aliphatic carbocycles. The maximum atomic E-state index is 3.99. The van der Waals surface area contributed by atoms with Gasteiger partial charge in [0.05, 0.1) is 19.6 Å². The van der Waals surface area contributed by atoms with E-state index < -0.39 is 0 Å². The highest BCUT2D eigenvalue weighted by atomic mass is 35.5. The molecule has 0 fully saturated rings. The Bertz CT molecular complexity index is 499. The molecule has 1 rings (SSSR count). The van der Waals surface area contributed by atoms with Crippen molar-refractivity contribution >= 4 is 0 Å². The zero-order valence-corrected chi connectivity index (χ0v) is 22.3. The SMILES string of the molecule is C=CC[NH+](CCCCCCCCCCCC(C)C)CCCCCCCc1ccccc1.[Cl-]. The van der Waals surface area contributed by atoms with Crippen molar-refractivity contribution in [3.05, 3.63) is 48.6 Å². The fraction of sp³-hybridized carbons (Fsp3) is 0.733. The van der Waals surface area contributed by atoms with Crippen molar-refractivity contribution in [2.24, 2.45) is 5.92 Å². The Kier molecular flexibility index (Phi) is 22.8. The van der Waals surface area contributed by atoms with Crippen LogP contribution in [-0.4, -0.2) is 19.6 Å². The molecule has 1 atom stereocenters. The first kappa shape index (κ1) is 31.2.